The van der Waals surface area contributed by atoms with Gasteiger partial charge in [-0.3, -0.25) is 4.40 Å². The Bertz CT molecular complexity index is 871. The van der Waals surface area contributed by atoms with E-state index in [2.05, 4.69) is 16.5 Å². The van der Waals surface area contributed by atoms with Crippen molar-refractivity contribution in [1.29, 1.82) is 5.26 Å². The Morgan fingerprint density at radius 2 is 2.14 bits per heavy atom. The molecule has 6 nitrogen and oxygen atoms in total. The fraction of sp³-hybridized carbons (Fsp3) is 0.133. The van der Waals surface area contributed by atoms with E-state index in [1.165, 1.54) is 9.08 Å². The zero-order valence-electron chi connectivity index (χ0n) is 11.2. The van der Waals surface area contributed by atoms with Crippen LogP contribution in [0.5, 0.6) is 0 Å². The number of nitriles is 1. The van der Waals surface area contributed by atoms with Gasteiger partial charge in [0.15, 0.2) is 5.65 Å². The highest BCUT2D eigenvalue weighted by Gasteiger charge is 2.05. The van der Waals surface area contributed by atoms with Crippen molar-refractivity contribution in [3.05, 3.63) is 64.7 Å². The molecule has 0 aliphatic carbocycles. The Morgan fingerprint density at radius 3 is 2.95 bits per heavy atom. The van der Waals surface area contributed by atoms with E-state index in [0.29, 0.717) is 24.3 Å². The van der Waals surface area contributed by atoms with Gasteiger partial charge >= 0.3 is 5.69 Å². The maximum Gasteiger partial charge on any atom is 0.350 e. The lowest BCUT2D eigenvalue weighted by Crippen LogP contribution is -2.24. The molecule has 21 heavy (non-hydrogen) atoms. The third kappa shape index (κ3) is 2.62. The van der Waals surface area contributed by atoms with E-state index in [-0.39, 0.29) is 5.69 Å². The van der Waals surface area contributed by atoms with Gasteiger partial charge in [-0.05, 0) is 30.3 Å². The lowest BCUT2D eigenvalue weighted by atomic mass is 10.2. The number of benzene rings is 1. The number of hydrogen-bond donors (Lipinski definition) is 1. The highest BCUT2D eigenvalue weighted by molar-refractivity contribution is 5.49. The SMILES string of the molecule is N#Cc1cccc(NCCn2nc3ccccn3c2=O)c1. The molecule has 0 atom stereocenters. The lowest BCUT2D eigenvalue weighted by Gasteiger charge is -2.05. The molecule has 1 aromatic carbocycles. The van der Waals surface area contributed by atoms with E-state index >= 15 is 0 Å². The van der Waals surface area contributed by atoms with Gasteiger partial charge in [-0.1, -0.05) is 12.1 Å². The maximum absolute atomic E-state index is 12.1. The van der Waals surface area contributed by atoms with Crippen LogP contribution in [0.2, 0.25) is 0 Å². The normalized spacial score (nSPS) is 10.4. The van der Waals surface area contributed by atoms with Gasteiger partial charge in [-0.25, -0.2) is 9.48 Å². The number of fused-ring (bicyclic) bond motifs is 1. The monoisotopic (exact) mass is 279 g/mol. The minimum atomic E-state index is -0.154. The molecule has 0 unspecified atom stereocenters. The molecule has 3 rings (SSSR count). The molecule has 0 radical (unpaired) electrons. The van der Waals surface area contributed by atoms with Crippen LogP contribution < -0.4 is 11.0 Å². The van der Waals surface area contributed by atoms with Gasteiger partial charge in [0, 0.05) is 18.4 Å². The van der Waals surface area contributed by atoms with E-state index < -0.39 is 0 Å². The summed E-state index contributed by atoms with van der Waals surface area (Å²) in [7, 11) is 0. The first kappa shape index (κ1) is 12.9. The summed E-state index contributed by atoms with van der Waals surface area (Å²) in [5.74, 6) is 0. The Kier molecular flexibility index (Phi) is 3.39. The molecule has 1 N–H and O–H groups in total. The fourth-order valence-corrected chi connectivity index (χ4v) is 2.12. The summed E-state index contributed by atoms with van der Waals surface area (Å²) in [5, 5.41) is 16.3. The summed E-state index contributed by atoms with van der Waals surface area (Å²) < 4.78 is 2.94. The summed E-state index contributed by atoms with van der Waals surface area (Å²) in [6.45, 7) is 1.01. The first-order valence-corrected chi connectivity index (χ1v) is 6.56. The number of pyridine rings is 1. The second-order valence-electron chi connectivity index (χ2n) is 4.55. The van der Waals surface area contributed by atoms with Crippen molar-refractivity contribution < 1.29 is 0 Å². The van der Waals surface area contributed by atoms with Crippen LogP contribution in [0.3, 0.4) is 0 Å². The molecule has 6 heteroatoms. The van der Waals surface area contributed by atoms with Crippen LogP contribution in [0.4, 0.5) is 5.69 Å². The molecule has 3 aromatic rings. The van der Waals surface area contributed by atoms with E-state index in [1.807, 2.05) is 18.2 Å². The first-order chi connectivity index (χ1) is 10.3. The fourth-order valence-electron chi connectivity index (χ4n) is 2.12. The third-order valence-electron chi connectivity index (χ3n) is 3.13. The van der Waals surface area contributed by atoms with Crippen LogP contribution in [0.15, 0.2) is 53.5 Å². The Hall–Kier alpha value is -3.07. The smallest absolute Gasteiger partial charge is 0.350 e. The van der Waals surface area contributed by atoms with Gasteiger partial charge in [0.25, 0.3) is 0 Å². The number of anilines is 1. The minimum Gasteiger partial charge on any atom is -0.383 e. The third-order valence-corrected chi connectivity index (χ3v) is 3.13. The van der Waals surface area contributed by atoms with Crippen molar-refractivity contribution in [2.24, 2.45) is 0 Å². The zero-order valence-corrected chi connectivity index (χ0v) is 11.2. The van der Waals surface area contributed by atoms with Crippen LogP contribution in [0.1, 0.15) is 5.56 Å². The zero-order chi connectivity index (χ0) is 14.7. The first-order valence-electron chi connectivity index (χ1n) is 6.56. The molecule has 104 valence electrons. The molecule has 0 bridgehead atoms. The molecule has 0 amide bonds. The summed E-state index contributed by atoms with van der Waals surface area (Å²) >= 11 is 0. The molecule has 0 spiro atoms. The minimum absolute atomic E-state index is 0.154. The number of nitrogens with one attached hydrogen (secondary N) is 1. The summed E-state index contributed by atoms with van der Waals surface area (Å²) in [6, 6.07) is 14.7. The van der Waals surface area contributed by atoms with Crippen molar-refractivity contribution in [1.82, 2.24) is 14.2 Å². The largest absolute Gasteiger partial charge is 0.383 e. The van der Waals surface area contributed by atoms with Crippen LogP contribution in [0.25, 0.3) is 5.65 Å². The average molecular weight is 279 g/mol. The van der Waals surface area contributed by atoms with Gasteiger partial charge < -0.3 is 5.32 Å². The number of aromatic nitrogens is 3. The standard InChI is InChI=1S/C15H13N5O/c16-11-12-4-3-5-13(10-12)17-7-9-20-15(21)19-8-2-1-6-14(19)18-20/h1-6,8,10,17H,7,9H2. The second-order valence-corrected chi connectivity index (χ2v) is 4.55. The van der Waals surface area contributed by atoms with Crippen LogP contribution in [-0.2, 0) is 6.54 Å². The Labute approximate surface area is 120 Å². The van der Waals surface area contributed by atoms with Crippen molar-refractivity contribution in [2.45, 2.75) is 6.54 Å². The quantitative estimate of drug-likeness (QED) is 0.785. The van der Waals surface area contributed by atoms with Crippen molar-refractivity contribution in [3.8, 4) is 6.07 Å². The predicted octanol–water partition coefficient (Wildman–Crippen LogP) is 1.48. The highest BCUT2D eigenvalue weighted by atomic mass is 16.2. The topological polar surface area (TPSA) is 75.1 Å². The van der Waals surface area contributed by atoms with Crippen LogP contribution in [0, 0.1) is 11.3 Å². The van der Waals surface area contributed by atoms with E-state index in [4.69, 9.17) is 5.26 Å². The maximum atomic E-state index is 12.1. The molecule has 0 aliphatic rings. The van der Waals surface area contributed by atoms with Gasteiger partial charge in [0.05, 0.1) is 18.2 Å². The molecule has 0 aliphatic heterocycles. The average Bonchev–Trinajstić information content (AvgIpc) is 2.84. The van der Waals surface area contributed by atoms with Gasteiger partial charge in [0.2, 0.25) is 0 Å². The lowest BCUT2D eigenvalue weighted by molar-refractivity contribution is 0.614. The molecule has 0 saturated heterocycles. The second kappa shape index (κ2) is 5.51. The molecule has 2 aromatic heterocycles. The highest BCUT2D eigenvalue weighted by Crippen LogP contribution is 2.09. The van der Waals surface area contributed by atoms with E-state index in [9.17, 15) is 4.79 Å². The molecule has 2 heterocycles. The van der Waals surface area contributed by atoms with Crippen LogP contribution in [-0.4, -0.2) is 20.7 Å². The van der Waals surface area contributed by atoms with Gasteiger partial charge in [-0.2, -0.15) is 5.26 Å². The molecular weight excluding hydrogens is 266 g/mol. The van der Waals surface area contributed by atoms with Gasteiger partial charge in [-0.15, -0.1) is 5.10 Å². The number of rotatable bonds is 4. The molecule has 0 fully saturated rings. The summed E-state index contributed by atoms with van der Waals surface area (Å²) in [6.07, 6.45) is 1.70. The number of nitrogens with zero attached hydrogens (tertiary/aromatic N) is 4. The van der Waals surface area contributed by atoms with E-state index in [1.54, 1.807) is 30.5 Å². The summed E-state index contributed by atoms with van der Waals surface area (Å²) in [4.78, 5) is 12.1. The van der Waals surface area contributed by atoms with Gasteiger partial charge in [0.1, 0.15) is 0 Å². The molecular formula is C15H13N5O. The van der Waals surface area contributed by atoms with Crippen LogP contribution >= 0.6 is 0 Å². The summed E-state index contributed by atoms with van der Waals surface area (Å²) in [5.41, 5.74) is 1.93. The Morgan fingerprint density at radius 1 is 1.24 bits per heavy atom. The molecule has 0 saturated carbocycles. The Balaban J connectivity index is 1.71. The van der Waals surface area contributed by atoms with E-state index in [0.717, 1.165) is 5.69 Å². The predicted molar refractivity (Wildman–Crippen MR) is 79.1 cm³/mol. The number of hydrogen-bond acceptors (Lipinski definition) is 4. The van der Waals surface area contributed by atoms with Crippen molar-refractivity contribution in [2.75, 3.05) is 11.9 Å². The van der Waals surface area contributed by atoms with Crippen molar-refractivity contribution >= 4 is 11.3 Å². The van der Waals surface area contributed by atoms with Crippen molar-refractivity contribution in [3.63, 3.8) is 0 Å².